The fourth-order valence-electron chi connectivity index (χ4n) is 2.78. The van der Waals surface area contributed by atoms with E-state index in [0.717, 1.165) is 11.1 Å². The summed E-state index contributed by atoms with van der Waals surface area (Å²) >= 11 is 0. The number of nitrogens with zero attached hydrogens (tertiary/aromatic N) is 3. The predicted octanol–water partition coefficient (Wildman–Crippen LogP) is 2.88. The molecule has 1 amide bonds. The second-order valence-electron chi connectivity index (χ2n) is 5.77. The van der Waals surface area contributed by atoms with E-state index in [4.69, 9.17) is 9.26 Å². The molecule has 1 fully saturated rings. The highest BCUT2D eigenvalue weighted by molar-refractivity contribution is 5.95. The molecule has 1 aromatic heterocycles. The Morgan fingerprint density at radius 2 is 1.72 bits per heavy atom. The summed E-state index contributed by atoms with van der Waals surface area (Å²) in [6.07, 6.45) is 0. The van der Waals surface area contributed by atoms with E-state index in [1.807, 2.05) is 42.5 Å². The van der Waals surface area contributed by atoms with Crippen LogP contribution >= 0.6 is 0 Å². The number of ether oxygens (including phenoxy) is 1. The van der Waals surface area contributed by atoms with Crippen LogP contribution in [0.25, 0.3) is 22.8 Å². The average molecular weight is 335 g/mol. The maximum Gasteiger partial charge on any atom is 0.258 e. The normalized spacial score (nSPS) is 14.5. The third kappa shape index (κ3) is 3.29. The molecule has 0 bridgehead atoms. The Kier molecular flexibility index (Phi) is 4.26. The topological polar surface area (TPSA) is 68.5 Å². The van der Waals surface area contributed by atoms with Crippen molar-refractivity contribution in [3.05, 3.63) is 60.2 Å². The highest BCUT2D eigenvalue weighted by Gasteiger charge is 2.19. The Bertz CT molecular complexity index is 870. The van der Waals surface area contributed by atoms with Gasteiger partial charge in [0.05, 0.1) is 13.2 Å². The molecule has 1 aliphatic rings. The lowest BCUT2D eigenvalue weighted by Crippen LogP contribution is -2.40. The summed E-state index contributed by atoms with van der Waals surface area (Å²) in [5.41, 5.74) is 2.23. The maximum atomic E-state index is 12.6. The van der Waals surface area contributed by atoms with Crippen molar-refractivity contribution in [1.82, 2.24) is 15.0 Å². The Hall–Kier alpha value is -2.99. The highest BCUT2D eigenvalue weighted by Crippen LogP contribution is 2.23. The van der Waals surface area contributed by atoms with Crippen molar-refractivity contribution in [2.75, 3.05) is 26.3 Å². The van der Waals surface area contributed by atoms with Gasteiger partial charge in [-0.05, 0) is 18.2 Å². The average Bonchev–Trinajstić information content (AvgIpc) is 3.19. The molecule has 1 saturated heterocycles. The van der Waals surface area contributed by atoms with Crippen LogP contribution in [0.5, 0.6) is 0 Å². The largest absolute Gasteiger partial charge is 0.378 e. The van der Waals surface area contributed by atoms with Gasteiger partial charge in [0, 0.05) is 29.8 Å². The van der Waals surface area contributed by atoms with Crippen molar-refractivity contribution in [1.29, 1.82) is 0 Å². The molecule has 1 aliphatic heterocycles. The zero-order valence-corrected chi connectivity index (χ0v) is 13.6. The summed E-state index contributed by atoms with van der Waals surface area (Å²) in [5.74, 6) is 0.920. The SMILES string of the molecule is O=C(c1cccc(-c2nc(-c3ccccc3)no2)c1)N1CCOCC1. The highest BCUT2D eigenvalue weighted by atomic mass is 16.5. The predicted molar refractivity (Wildman–Crippen MR) is 91.9 cm³/mol. The van der Waals surface area contributed by atoms with Crippen LogP contribution in [0.15, 0.2) is 59.1 Å². The van der Waals surface area contributed by atoms with E-state index < -0.39 is 0 Å². The second-order valence-corrected chi connectivity index (χ2v) is 5.77. The van der Waals surface area contributed by atoms with Crippen molar-refractivity contribution in [2.45, 2.75) is 0 Å². The molecule has 126 valence electrons. The standard InChI is InChI=1S/C19H17N3O3/c23-19(22-9-11-24-12-10-22)16-8-4-7-15(13-16)18-20-17(21-25-18)14-5-2-1-3-6-14/h1-8,13H,9-12H2. The second kappa shape index (κ2) is 6.86. The van der Waals surface area contributed by atoms with E-state index in [1.54, 1.807) is 17.0 Å². The molecular formula is C19H17N3O3. The zero-order valence-electron chi connectivity index (χ0n) is 13.6. The summed E-state index contributed by atoms with van der Waals surface area (Å²) in [7, 11) is 0. The Morgan fingerprint density at radius 1 is 0.960 bits per heavy atom. The van der Waals surface area contributed by atoms with Crippen molar-refractivity contribution >= 4 is 5.91 Å². The number of morpholine rings is 1. The summed E-state index contributed by atoms with van der Waals surface area (Å²) in [6.45, 7) is 2.38. The number of hydrogen-bond acceptors (Lipinski definition) is 5. The lowest BCUT2D eigenvalue weighted by atomic mass is 10.1. The van der Waals surface area contributed by atoms with Crippen LogP contribution in [0.1, 0.15) is 10.4 Å². The fraction of sp³-hybridized carbons (Fsp3) is 0.211. The molecule has 0 aliphatic carbocycles. The monoisotopic (exact) mass is 335 g/mol. The van der Waals surface area contributed by atoms with Crippen molar-refractivity contribution < 1.29 is 14.1 Å². The van der Waals surface area contributed by atoms with Crippen LogP contribution in [0.2, 0.25) is 0 Å². The number of hydrogen-bond donors (Lipinski definition) is 0. The van der Waals surface area contributed by atoms with E-state index in [-0.39, 0.29) is 5.91 Å². The molecule has 0 N–H and O–H groups in total. The molecule has 2 aromatic carbocycles. The van der Waals surface area contributed by atoms with Crippen molar-refractivity contribution in [3.8, 4) is 22.8 Å². The number of aromatic nitrogens is 2. The van der Waals surface area contributed by atoms with Crippen LogP contribution in [0.4, 0.5) is 0 Å². The molecule has 2 heterocycles. The van der Waals surface area contributed by atoms with Gasteiger partial charge in [-0.2, -0.15) is 4.98 Å². The van der Waals surface area contributed by atoms with Crippen LogP contribution in [-0.2, 0) is 4.74 Å². The third-order valence-corrected chi connectivity index (χ3v) is 4.11. The number of rotatable bonds is 3. The molecule has 0 unspecified atom stereocenters. The van der Waals surface area contributed by atoms with E-state index in [1.165, 1.54) is 0 Å². The molecule has 3 aromatic rings. The lowest BCUT2D eigenvalue weighted by Gasteiger charge is -2.26. The number of carbonyl (C=O) groups excluding carboxylic acids is 1. The first-order chi connectivity index (χ1) is 12.3. The van der Waals surface area contributed by atoms with E-state index in [0.29, 0.717) is 43.6 Å². The van der Waals surface area contributed by atoms with Crippen LogP contribution < -0.4 is 0 Å². The maximum absolute atomic E-state index is 12.6. The summed E-state index contributed by atoms with van der Waals surface area (Å²) in [5, 5.41) is 4.03. The summed E-state index contributed by atoms with van der Waals surface area (Å²) in [4.78, 5) is 18.9. The van der Waals surface area contributed by atoms with Gasteiger partial charge in [0.15, 0.2) is 0 Å². The molecule has 6 nitrogen and oxygen atoms in total. The molecule has 0 saturated carbocycles. The van der Waals surface area contributed by atoms with Gasteiger partial charge in [-0.1, -0.05) is 41.6 Å². The lowest BCUT2D eigenvalue weighted by molar-refractivity contribution is 0.0303. The van der Waals surface area contributed by atoms with Gasteiger partial charge in [-0.15, -0.1) is 0 Å². The minimum Gasteiger partial charge on any atom is -0.378 e. The number of amides is 1. The molecule has 4 rings (SSSR count). The van der Waals surface area contributed by atoms with Gasteiger partial charge in [-0.3, -0.25) is 4.79 Å². The van der Waals surface area contributed by atoms with E-state index >= 15 is 0 Å². The van der Waals surface area contributed by atoms with E-state index in [9.17, 15) is 4.79 Å². The van der Waals surface area contributed by atoms with Gasteiger partial charge in [0.25, 0.3) is 11.8 Å². The van der Waals surface area contributed by atoms with Crippen molar-refractivity contribution in [3.63, 3.8) is 0 Å². The summed E-state index contributed by atoms with van der Waals surface area (Å²) in [6, 6.07) is 16.9. The first-order valence-corrected chi connectivity index (χ1v) is 8.18. The molecule has 25 heavy (non-hydrogen) atoms. The minimum absolute atomic E-state index is 0.00653. The molecule has 0 radical (unpaired) electrons. The minimum atomic E-state index is -0.00653. The molecule has 0 spiro atoms. The Morgan fingerprint density at radius 3 is 2.52 bits per heavy atom. The molecular weight excluding hydrogens is 318 g/mol. The first kappa shape index (κ1) is 15.5. The molecule has 6 heteroatoms. The van der Waals surface area contributed by atoms with Gasteiger partial charge in [0.2, 0.25) is 5.82 Å². The van der Waals surface area contributed by atoms with Gasteiger partial charge in [0.1, 0.15) is 0 Å². The van der Waals surface area contributed by atoms with Crippen LogP contribution in [0, 0.1) is 0 Å². The van der Waals surface area contributed by atoms with Gasteiger partial charge in [-0.25, -0.2) is 0 Å². The smallest absolute Gasteiger partial charge is 0.258 e. The van der Waals surface area contributed by atoms with Crippen molar-refractivity contribution in [2.24, 2.45) is 0 Å². The third-order valence-electron chi connectivity index (χ3n) is 4.11. The van der Waals surface area contributed by atoms with Crippen LogP contribution in [-0.4, -0.2) is 47.3 Å². The van der Waals surface area contributed by atoms with Crippen LogP contribution in [0.3, 0.4) is 0 Å². The Labute approximate surface area is 145 Å². The Balaban J connectivity index is 1.59. The zero-order chi connectivity index (χ0) is 17.1. The van der Waals surface area contributed by atoms with Gasteiger partial charge >= 0.3 is 0 Å². The summed E-state index contributed by atoms with van der Waals surface area (Å²) < 4.78 is 10.7. The van der Waals surface area contributed by atoms with Gasteiger partial charge < -0.3 is 14.2 Å². The first-order valence-electron chi connectivity index (χ1n) is 8.18. The fourth-order valence-corrected chi connectivity index (χ4v) is 2.78. The van der Waals surface area contributed by atoms with E-state index in [2.05, 4.69) is 10.1 Å². The number of carbonyl (C=O) groups is 1. The quantitative estimate of drug-likeness (QED) is 0.736. The molecule has 0 atom stereocenters. The number of benzene rings is 2.